The molecule has 9 nitrogen and oxygen atoms in total. The molecule has 0 unspecified atom stereocenters. The summed E-state index contributed by atoms with van der Waals surface area (Å²) in [7, 11) is 0. The van der Waals surface area contributed by atoms with Gasteiger partial charge in [-0.05, 0) is 42.0 Å². The molecule has 0 radical (unpaired) electrons. The molecule has 0 spiro atoms. The van der Waals surface area contributed by atoms with Gasteiger partial charge >= 0.3 is 0 Å². The smallest absolute Gasteiger partial charge is 0.288 e. The number of amides is 2. The number of carbonyl (C=O) groups excluding carboxylic acids is 2. The Hall–Kier alpha value is -3.46. The fourth-order valence-corrected chi connectivity index (χ4v) is 2.01. The van der Waals surface area contributed by atoms with Gasteiger partial charge in [-0.25, -0.2) is 5.43 Å². The van der Waals surface area contributed by atoms with Crippen LogP contribution < -0.4 is 15.9 Å². The lowest BCUT2D eigenvalue weighted by Crippen LogP contribution is -2.20. The number of nitrogens with two attached hydrogens (primary N) is 1. The number of hydrazone groups is 1. The standard InChI is InChI=1S/C16H13ClN4O5/c17-13-6-3-11(7-14(13)21(24)25)16(23)20-19-8-10-1-4-12(5-2-10)26-9-15(18)22/h1-8H,9H2,(H2,18,22)(H,20,23)/b19-8-. The molecule has 2 rings (SSSR count). The molecule has 0 fully saturated rings. The molecule has 10 heteroatoms. The summed E-state index contributed by atoms with van der Waals surface area (Å²) in [6.07, 6.45) is 1.38. The average molecular weight is 377 g/mol. The van der Waals surface area contributed by atoms with Crippen LogP contribution in [0.5, 0.6) is 5.75 Å². The fourth-order valence-electron chi connectivity index (χ4n) is 1.83. The van der Waals surface area contributed by atoms with Crippen molar-refractivity contribution in [3.8, 4) is 5.75 Å². The number of primary amides is 1. The number of nitro benzene ring substituents is 1. The molecule has 0 saturated heterocycles. The summed E-state index contributed by atoms with van der Waals surface area (Å²) < 4.78 is 5.11. The predicted molar refractivity (Wildman–Crippen MR) is 94.3 cm³/mol. The molecule has 0 atom stereocenters. The summed E-state index contributed by atoms with van der Waals surface area (Å²) >= 11 is 5.69. The Morgan fingerprint density at radius 1 is 1.27 bits per heavy atom. The van der Waals surface area contributed by atoms with Crippen molar-refractivity contribution in [1.82, 2.24) is 5.43 Å². The number of nitro groups is 1. The zero-order chi connectivity index (χ0) is 19.1. The predicted octanol–water partition coefficient (Wildman–Crippen LogP) is 1.88. The van der Waals surface area contributed by atoms with Gasteiger partial charge in [0.15, 0.2) is 6.61 Å². The number of rotatable bonds is 7. The van der Waals surface area contributed by atoms with Gasteiger partial charge in [0.05, 0.1) is 11.1 Å². The second-order valence-corrected chi connectivity index (χ2v) is 5.35. The maximum Gasteiger partial charge on any atom is 0.288 e. The summed E-state index contributed by atoms with van der Waals surface area (Å²) in [6.45, 7) is -0.225. The molecular weight excluding hydrogens is 364 g/mol. The zero-order valence-electron chi connectivity index (χ0n) is 13.2. The summed E-state index contributed by atoms with van der Waals surface area (Å²) in [5, 5.41) is 14.5. The quantitative estimate of drug-likeness (QED) is 0.431. The Bertz CT molecular complexity index is 867. The fraction of sp³-hybridized carbons (Fsp3) is 0.0625. The van der Waals surface area contributed by atoms with E-state index in [0.717, 1.165) is 6.07 Å². The highest BCUT2D eigenvalue weighted by Gasteiger charge is 2.15. The molecule has 3 N–H and O–H groups in total. The van der Waals surface area contributed by atoms with Crippen LogP contribution in [0.3, 0.4) is 0 Å². The van der Waals surface area contributed by atoms with Gasteiger partial charge in [0, 0.05) is 11.6 Å². The zero-order valence-corrected chi connectivity index (χ0v) is 14.0. The van der Waals surface area contributed by atoms with Crippen molar-refractivity contribution >= 4 is 35.3 Å². The largest absolute Gasteiger partial charge is 0.484 e. The van der Waals surface area contributed by atoms with E-state index in [9.17, 15) is 19.7 Å². The first-order chi connectivity index (χ1) is 12.4. The summed E-state index contributed by atoms with van der Waals surface area (Å²) in [5.74, 6) is -0.748. The van der Waals surface area contributed by atoms with Crippen LogP contribution >= 0.6 is 11.6 Å². The minimum Gasteiger partial charge on any atom is -0.484 e. The molecule has 0 bridgehead atoms. The minimum absolute atomic E-state index is 0.0495. The molecule has 0 saturated carbocycles. The van der Waals surface area contributed by atoms with Gasteiger partial charge in [0.25, 0.3) is 17.5 Å². The van der Waals surface area contributed by atoms with E-state index in [2.05, 4.69) is 10.5 Å². The van der Waals surface area contributed by atoms with Gasteiger partial charge in [-0.3, -0.25) is 19.7 Å². The Morgan fingerprint density at radius 2 is 1.96 bits per heavy atom. The van der Waals surface area contributed by atoms with Gasteiger partial charge in [-0.2, -0.15) is 5.10 Å². The molecule has 134 valence electrons. The Morgan fingerprint density at radius 3 is 2.58 bits per heavy atom. The number of hydrogen-bond acceptors (Lipinski definition) is 6. The Kier molecular flexibility index (Phi) is 6.23. The van der Waals surface area contributed by atoms with Gasteiger partial charge in [-0.15, -0.1) is 0 Å². The van der Waals surface area contributed by atoms with Crippen LogP contribution in [0.1, 0.15) is 15.9 Å². The number of ether oxygens (including phenoxy) is 1. The molecule has 0 aromatic heterocycles. The Labute approximate surface area is 152 Å². The van der Waals surface area contributed by atoms with E-state index in [4.69, 9.17) is 22.1 Å². The molecule has 0 heterocycles. The van der Waals surface area contributed by atoms with Gasteiger partial charge in [0.1, 0.15) is 10.8 Å². The molecule has 2 aromatic carbocycles. The number of nitrogens with zero attached hydrogens (tertiary/aromatic N) is 2. The van der Waals surface area contributed by atoms with Crippen molar-refractivity contribution in [3.63, 3.8) is 0 Å². The maximum absolute atomic E-state index is 12.0. The molecule has 0 aliphatic rings. The van der Waals surface area contributed by atoms with E-state index in [-0.39, 0.29) is 22.9 Å². The molecular formula is C16H13ClN4O5. The number of carbonyl (C=O) groups is 2. The van der Waals surface area contributed by atoms with Gasteiger partial charge in [-0.1, -0.05) is 11.6 Å². The lowest BCUT2D eigenvalue weighted by atomic mass is 10.2. The molecule has 2 aromatic rings. The van der Waals surface area contributed by atoms with Crippen molar-refractivity contribution < 1.29 is 19.2 Å². The first-order valence-corrected chi connectivity index (χ1v) is 7.53. The highest BCUT2D eigenvalue weighted by Crippen LogP contribution is 2.24. The lowest BCUT2D eigenvalue weighted by Gasteiger charge is -2.03. The third-order valence-corrected chi connectivity index (χ3v) is 3.37. The van der Waals surface area contributed by atoms with Crippen LogP contribution in [-0.4, -0.2) is 29.6 Å². The van der Waals surface area contributed by atoms with Crippen LogP contribution in [0.25, 0.3) is 0 Å². The van der Waals surface area contributed by atoms with Gasteiger partial charge < -0.3 is 10.5 Å². The molecule has 26 heavy (non-hydrogen) atoms. The highest BCUT2D eigenvalue weighted by molar-refractivity contribution is 6.32. The minimum atomic E-state index is -0.676. The van der Waals surface area contributed by atoms with E-state index in [1.807, 2.05) is 0 Å². The first-order valence-electron chi connectivity index (χ1n) is 7.15. The van der Waals surface area contributed by atoms with E-state index in [1.54, 1.807) is 24.3 Å². The van der Waals surface area contributed by atoms with E-state index in [0.29, 0.717) is 11.3 Å². The normalized spacial score (nSPS) is 10.5. The van der Waals surface area contributed by atoms with Crippen molar-refractivity contribution in [1.29, 1.82) is 0 Å². The molecule has 0 aliphatic heterocycles. The SMILES string of the molecule is NC(=O)COc1ccc(/C=N\NC(=O)c2ccc(Cl)c([N+](=O)[O-])c2)cc1. The van der Waals surface area contributed by atoms with Crippen LogP contribution in [0, 0.1) is 10.1 Å². The maximum atomic E-state index is 12.0. The highest BCUT2D eigenvalue weighted by atomic mass is 35.5. The molecule has 0 aliphatic carbocycles. The van der Waals surface area contributed by atoms with Gasteiger partial charge in [0.2, 0.25) is 0 Å². The van der Waals surface area contributed by atoms with Crippen LogP contribution in [-0.2, 0) is 4.79 Å². The third-order valence-electron chi connectivity index (χ3n) is 3.05. The first kappa shape index (κ1) is 18.9. The van der Waals surface area contributed by atoms with Crippen molar-refractivity contribution in [2.24, 2.45) is 10.8 Å². The Balaban J connectivity index is 1.97. The van der Waals surface area contributed by atoms with Crippen LogP contribution in [0.15, 0.2) is 47.6 Å². The summed E-state index contributed by atoms with van der Waals surface area (Å²) in [6, 6.07) is 10.2. The van der Waals surface area contributed by atoms with Crippen molar-refractivity contribution in [2.45, 2.75) is 0 Å². The summed E-state index contributed by atoms with van der Waals surface area (Å²) in [4.78, 5) is 32.8. The number of nitrogens with one attached hydrogen (secondary N) is 1. The molecule has 2 amide bonds. The second-order valence-electron chi connectivity index (χ2n) is 4.95. The van der Waals surface area contributed by atoms with Crippen LogP contribution in [0.4, 0.5) is 5.69 Å². The second kappa shape index (κ2) is 8.58. The van der Waals surface area contributed by atoms with E-state index < -0.39 is 16.7 Å². The monoisotopic (exact) mass is 376 g/mol. The topological polar surface area (TPSA) is 137 Å². The van der Waals surface area contributed by atoms with Crippen LogP contribution in [0.2, 0.25) is 5.02 Å². The van der Waals surface area contributed by atoms with E-state index >= 15 is 0 Å². The lowest BCUT2D eigenvalue weighted by molar-refractivity contribution is -0.384. The van der Waals surface area contributed by atoms with Crippen molar-refractivity contribution in [3.05, 3.63) is 68.7 Å². The average Bonchev–Trinajstić information content (AvgIpc) is 2.61. The van der Waals surface area contributed by atoms with E-state index in [1.165, 1.54) is 18.3 Å². The third kappa shape index (κ3) is 5.28. The number of hydrogen-bond donors (Lipinski definition) is 2. The summed E-state index contributed by atoms with van der Waals surface area (Å²) in [5.41, 5.74) is 7.57. The van der Waals surface area contributed by atoms with Crippen molar-refractivity contribution in [2.75, 3.05) is 6.61 Å². The number of halogens is 1. The number of benzene rings is 2.